The fourth-order valence-electron chi connectivity index (χ4n) is 3.52. The van der Waals surface area contributed by atoms with Gasteiger partial charge >= 0.3 is 0 Å². The van der Waals surface area contributed by atoms with Crippen molar-refractivity contribution in [1.82, 2.24) is 0 Å². The maximum Gasteiger partial charge on any atom is 0.262 e. The smallest absolute Gasteiger partial charge is 0.262 e. The molecule has 4 rings (SSSR count). The Balaban J connectivity index is 1.58. The molecule has 0 aliphatic carbocycles. The maximum absolute atomic E-state index is 13.2. The van der Waals surface area contributed by atoms with Gasteiger partial charge in [-0.05, 0) is 59.7 Å². The summed E-state index contributed by atoms with van der Waals surface area (Å²) in [5.74, 6) is 0.191. The van der Waals surface area contributed by atoms with Gasteiger partial charge in [-0.1, -0.05) is 48.5 Å². The van der Waals surface area contributed by atoms with E-state index in [1.807, 2.05) is 67.6 Å². The van der Waals surface area contributed by atoms with E-state index in [-0.39, 0.29) is 18.4 Å². The van der Waals surface area contributed by atoms with Gasteiger partial charge in [-0.2, -0.15) is 0 Å². The minimum absolute atomic E-state index is 0.235. The van der Waals surface area contributed by atoms with Crippen molar-refractivity contribution in [3.63, 3.8) is 0 Å². The zero-order chi connectivity index (χ0) is 23.2. The molecule has 2 amide bonds. The summed E-state index contributed by atoms with van der Waals surface area (Å²) in [5.41, 5.74) is 2.60. The van der Waals surface area contributed by atoms with Gasteiger partial charge in [0.1, 0.15) is 11.5 Å². The van der Waals surface area contributed by atoms with Gasteiger partial charge in [0.2, 0.25) is 0 Å². The van der Waals surface area contributed by atoms with Crippen LogP contribution in [0.15, 0.2) is 84.9 Å². The quantitative estimate of drug-likeness (QED) is 0.402. The van der Waals surface area contributed by atoms with Gasteiger partial charge < -0.3 is 20.1 Å². The Labute approximate surface area is 192 Å². The predicted octanol–water partition coefficient (Wildman–Crippen LogP) is 5.43. The summed E-state index contributed by atoms with van der Waals surface area (Å²) < 4.78 is 11.1. The fourth-order valence-corrected chi connectivity index (χ4v) is 3.52. The zero-order valence-corrected chi connectivity index (χ0v) is 18.4. The number of para-hydroxylation sites is 2. The number of methoxy groups -OCH3 is 1. The third-order valence-electron chi connectivity index (χ3n) is 5.11. The number of ether oxygens (including phenoxy) is 2. The van der Waals surface area contributed by atoms with E-state index in [1.54, 1.807) is 31.4 Å². The monoisotopic (exact) mass is 440 g/mol. The van der Waals surface area contributed by atoms with Crippen molar-refractivity contribution in [3.8, 4) is 11.5 Å². The maximum atomic E-state index is 13.2. The predicted molar refractivity (Wildman–Crippen MR) is 130 cm³/mol. The van der Waals surface area contributed by atoms with Crippen molar-refractivity contribution in [2.45, 2.75) is 6.92 Å². The third-order valence-corrected chi connectivity index (χ3v) is 5.11. The van der Waals surface area contributed by atoms with Crippen LogP contribution in [-0.4, -0.2) is 25.5 Å². The molecule has 4 aromatic rings. The number of carbonyl (C=O) groups excluding carboxylic acids is 2. The molecule has 4 aromatic carbocycles. The van der Waals surface area contributed by atoms with E-state index in [9.17, 15) is 9.59 Å². The van der Waals surface area contributed by atoms with E-state index in [0.717, 1.165) is 16.3 Å². The first kappa shape index (κ1) is 21.9. The van der Waals surface area contributed by atoms with Gasteiger partial charge in [-0.15, -0.1) is 0 Å². The van der Waals surface area contributed by atoms with Crippen molar-refractivity contribution in [3.05, 3.63) is 96.1 Å². The first-order valence-corrected chi connectivity index (χ1v) is 10.5. The normalized spacial score (nSPS) is 10.5. The fraction of sp³-hybridized carbons (Fsp3) is 0.111. The summed E-state index contributed by atoms with van der Waals surface area (Å²) in [6.07, 6.45) is 0. The van der Waals surface area contributed by atoms with Gasteiger partial charge in [0.05, 0.1) is 18.4 Å². The van der Waals surface area contributed by atoms with Crippen molar-refractivity contribution in [1.29, 1.82) is 0 Å². The first-order chi connectivity index (χ1) is 16.0. The average Bonchev–Trinajstić information content (AvgIpc) is 2.82. The van der Waals surface area contributed by atoms with E-state index in [2.05, 4.69) is 10.6 Å². The van der Waals surface area contributed by atoms with E-state index < -0.39 is 0 Å². The first-order valence-electron chi connectivity index (χ1n) is 10.5. The number of benzene rings is 4. The second-order valence-corrected chi connectivity index (χ2v) is 7.56. The molecule has 0 atom stereocenters. The van der Waals surface area contributed by atoms with Crippen LogP contribution < -0.4 is 20.1 Å². The lowest BCUT2D eigenvalue weighted by Gasteiger charge is -2.15. The molecular weight excluding hydrogens is 416 g/mol. The minimum atomic E-state index is -0.362. The highest BCUT2D eigenvalue weighted by Gasteiger charge is 2.17. The van der Waals surface area contributed by atoms with Crippen LogP contribution in [-0.2, 0) is 4.79 Å². The van der Waals surface area contributed by atoms with Gasteiger partial charge in [0.25, 0.3) is 11.8 Å². The molecule has 0 saturated carbocycles. The standard InChI is InChI=1S/C27H24N2O4/c1-18-8-7-11-21(14-18)28-26(30)17-33-25-16-20-10-4-3-9-19(20)15-22(25)27(31)29-23-12-5-6-13-24(23)32-2/h3-16H,17H2,1-2H3,(H,28,30)(H,29,31). The molecule has 0 aliphatic rings. The highest BCUT2D eigenvalue weighted by molar-refractivity contribution is 6.09. The highest BCUT2D eigenvalue weighted by Crippen LogP contribution is 2.29. The second-order valence-electron chi connectivity index (χ2n) is 7.56. The number of fused-ring (bicyclic) bond motifs is 1. The number of hydrogen-bond donors (Lipinski definition) is 2. The Morgan fingerprint density at radius 2 is 1.52 bits per heavy atom. The van der Waals surface area contributed by atoms with E-state index in [1.165, 1.54) is 0 Å². The zero-order valence-electron chi connectivity index (χ0n) is 18.4. The average molecular weight is 440 g/mol. The molecule has 0 fully saturated rings. The Morgan fingerprint density at radius 3 is 2.27 bits per heavy atom. The van der Waals surface area contributed by atoms with Crippen molar-refractivity contribution < 1.29 is 19.1 Å². The molecule has 0 bridgehead atoms. The third kappa shape index (κ3) is 5.30. The highest BCUT2D eigenvalue weighted by atomic mass is 16.5. The van der Waals surface area contributed by atoms with Gasteiger partial charge in [0, 0.05) is 5.69 Å². The summed E-state index contributed by atoms with van der Waals surface area (Å²) in [7, 11) is 1.54. The molecule has 2 N–H and O–H groups in total. The SMILES string of the molecule is COc1ccccc1NC(=O)c1cc2ccccc2cc1OCC(=O)Nc1cccc(C)c1. The molecule has 166 valence electrons. The Kier molecular flexibility index (Phi) is 6.55. The van der Waals surface area contributed by atoms with Gasteiger partial charge in [-0.25, -0.2) is 0 Å². The van der Waals surface area contributed by atoms with Crippen LogP contribution in [0, 0.1) is 6.92 Å². The molecular formula is C27H24N2O4. The lowest BCUT2D eigenvalue weighted by atomic mass is 10.1. The number of aryl methyl sites for hydroxylation is 1. The Bertz CT molecular complexity index is 1320. The number of carbonyl (C=O) groups is 2. The van der Waals surface area contributed by atoms with Crippen LogP contribution in [0.5, 0.6) is 11.5 Å². The van der Waals surface area contributed by atoms with Crippen molar-refractivity contribution in [2.24, 2.45) is 0 Å². The van der Waals surface area contributed by atoms with Crippen LogP contribution in [0.25, 0.3) is 10.8 Å². The summed E-state index contributed by atoms with van der Waals surface area (Å²) in [6.45, 7) is 1.72. The molecule has 6 nitrogen and oxygen atoms in total. The van der Waals surface area contributed by atoms with Crippen molar-refractivity contribution in [2.75, 3.05) is 24.4 Å². The topological polar surface area (TPSA) is 76.7 Å². The van der Waals surface area contributed by atoms with Gasteiger partial charge in [-0.3, -0.25) is 9.59 Å². The largest absolute Gasteiger partial charge is 0.495 e. The minimum Gasteiger partial charge on any atom is -0.495 e. The molecule has 0 radical (unpaired) electrons. The summed E-state index contributed by atoms with van der Waals surface area (Å²) in [6, 6.07) is 25.9. The molecule has 0 aliphatic heterocycles. The molecule has 33 heavy (non-hydrogen) atoms. The molecule has 0 spiro atoms. The Hall–Kier alpha value is -4.32. The summed E-state index contributed by atoms with van der Waals surface area (Å²) in [4.78, 5) is 25.6. The molecule has 0 heterocycles. The van der Waals surface area contributed by atoms with E-state index in [0.29, 0.717) is 28.4 Å². The molecule has 0 aromatic heterocycles. The summed E-state index contributed by atoms with van der Waals surface area (Å²) in [5, 5.41) is 7.48. The van der Waals surface area contributed by atoms with Crippen LogP contribution in [0.4, 0.5) is 11.4 Å². The Morgan fingerprint density at radius 1 is 0.788 bits per heavy atom. The van der Waals surface area contributed by atoms with Gasteiger partial charge in [0.15, 0.2) is 6.61 Å². The van der Waals surface area contributed by atoms with E-state index >= 15 is 0 Å². The summed E-state index contributed by atoms with van der Waals surface area (Å²) >= 11 is 0. The van der Waals surface area contributed by atoms with Crippen LogP contribution in [0.3, 0.4) is 0 Å². The second kappa shape index (κ2) is 9.87. The van der Waals surface area contributed by atoms with Crippen LogP contribution in [0.2, 0.25) is 0 Å². The van der Waals surface area contributed by atoms with Crippen LogP contribution in [0.1, 0.15) is 15.9 Å². The number of anilines is 2. The van der Waals surface area contributed by atoms with Crippen LogP contribution >= 0.6 is 0 Å². The lowest BCUT2D eigenvalue weighted by molar-refractivity contribution is -0.118. The van der Waals surface area contributed by atoms with E-state index in [4.69, 9.17) is 9.47 Å². The molecule has 6 heteroatoms. The number of hydrogen-bond acceptors (Lipinski definition) is 4. The number of rotatable bonds is 7. The lowest BCUT2D eigenvalue weighted by Crippen LogP contribution is -2.21. The number of amides is 2. The molecule has 0 saturated heterocycles. The number of nitrogens with one attached hydrogen (secondary N) is 2. The molecule has 0 unspecified atom stereocenters. The van der Waals surface area contributed by atoms with Crippen molar-refractivity contribution >= 4 is 34.0 Å².